The number of unbranched alkanes of at least 4 members (excludes halogenated alkanes) is 3. The summed E-state index contributed by atoms with van der Waals surface area (Å²) in [5.41, 5.74) is 15.9. The molecule has 2 aromatic heterocycles. The number of aryl methyl sites for hydroxylation is 1. The second kappa shape index (κ2) is 25.7. The molecule has 0 unspecified atom stereocenters. The number of hydrogen-bond acceptors (Lipinski definition) is 14. The average Bonchev–Trinajstić information content (AvgIpc) is 1.65. The van der Waals surface area contributed by atoms with Gasteiger partial charge in [-0.1, -0.05) is 75.6 Å². The van der Waals surface area contributed by atoms with Gasteiger partial charge in [-0.15, -0.1) is 0 Å². The Morgan fingerprint density at radius 3 is 2.31 bits per heavy atom. The molecule has 4 heterocycles. The number of allylic oxidation sites excluding steroid dienone is 7. The van der Waals surface area contributed by atoms with Gasteiger partial charge in [0.25, 0.3) is 31.7 Å². The molecule has 2 aliphatic heterocycles. The van der Waals surface area contributed by atoms with Crippen molar-refractivity contribution in [1.82, 2.24) is 25.3 Å². The van der Waals surface area contributed by atoms with E-state index in [1.807, 2.05) is 26.0 Å². The van der Waals surface area contributed by atoms with Crippen molar-refractivity contribution in [3.05, 3.63) is 187 Å². The first-order chi connectivity index (χ1) is 40.8. The predicted octanol–water partition coefficient (Wildman–Crippen LogP) is 9.95. The number of aliphatic carboxylic acids is 1. The summed E-state index contributed by atoms with van der Waals surface area (Å²) in [6.45, 7) is 14.4. The summed E-state index contributed by atoms with van der Waals surface area (Å²) in [5, 5.41) is 16.2. The maximum absolute atomic E-state index is 13.5. The van der Waals surface area contributed by atoms with Crippen molar-refractivity contribution in [2.45, 2.75) is 128 Å². The van der Waals surface area contributed by atoms with Crippen molar-refractivity contribution in [2.75, 3.05) is 34.8 Å². The minimum absolute atomic E-state index is 0.0268. The number of nitrogens with two attached hydrogens (primary N) is 1. The van der Waals surface area contributed by atoms with E-state index in [1.54, 1.807) is 60.7 Å². The Morgan fingerprint density at radius 2 is 1.60 bits per heavy atom. The van der Waals surface area contributed by atoms with Crippen molar-refractivity contribution < 1.29 is 49.9 Å². The number of fused-ring (bicyclic) bond motifs is 3. The van der Waals surface area contributed by atoms with Crippen LogP contribution in [0.2, 0.25) is 0 Å². The molecule has 3 aliphatic rings. The van der Waals surface area contributed by atoms with Gasteiger partial charge in [0.15, 0.2) is 16.9 Å². The molecule has 1 aliphatic carbocycles. The summed E-state index contributed by atoms with van der Waals surface area (Å²) >= 11 is 0. The Hall–Kier alpha value is -8.31. The zero-order valence-electron chi connectivity index (χ0n) is 49.2. The number of ether oxygens (including phenoxy) is 1. The molecule has 1 atom stereocenters. The van der Waals surface area contributed by atoms with Gasteiger partial charge in [-0.25, -0.2) is 14.8 Å². The van der Waals surface area contributed by atoms with Crippen molar-refractivity contribution in [2.24, 2.45) is 0 Å². The van der Waals surface area contributed by atoms with Crippen LogP contribution in [-0.2, 0) is 54.6 Å². The van der Waals surface area contributed by atoms with E-state index in [1.165, 1.54) is 28.7 Å². The molecular weight excluding hydrogens is 1130 g/mol. The van der Waals surface area contributed by atoms with E-state index in [0.717, 1.165) is 60.3 Å². The minimum atomic E-state index is -4.33. The number of carbonyl (C=O) groups is 2. The molecule has 4 aromatic carbocycles. The lowest BCUT2D eigenvalue weighted by atomic mass is 9.80. The number of aromatic amines is 1. The number of amides is 1. The Morgan fingerprint density at radius 1 is 0.860 bits per heavy atom. The third-order valence-corrected chi connectivity index (χ3v) is 17.5. The van der Waals surface area contributed by atoms with Crippen molar-refractivity contribution in [3.8, 4) is 5.75 Å². The van der Waals surface area contributed by atoms with Gasteiger partial charge in [-0.3, -0.25) is 23.7 Å². The molecule has 8 N–H and O–H groups in total. The normalized spacial score (nSPS) is 17.0. The number of hydrogen-bond donors (Lipinski definition) is 7. The van der Waals surface area contributed by atoms with Crippen LogP contribution in [0.25, 0.3) is 11.2 Å². The summed E-state index contributed by atoms with van der Waals surface area (Å²) in [6.07, 6.45) is 16.0. The summed E-state index contributed by atoms with van der Waals surface area (Å²) in [4.78, 5) is 55.9. The number of aromatic nitrogens is 4. The third-order valence-electron chi connectivity index (χ3n) is 16.0. The first-order valence-corrected chi connectivity index (χ1v) is 32.1. The number of nitrogens with one attached hydrogen (secondary N) is 3. The van der Waals surface area contributed by atoms with E-state index in [2.05, 4.69) is 104 Å². The highest BCUT2D eigenvalue weighted by Gasteiger charge is 2.45. The molecule has 9 rings (SSSR count). The van der Waals surface area contributed by atoms with Gasteiger partial charge in [0.1, 0.15) is 29.8 Å². The molecular formula is C64H74N9O11S2+. The first kappa shape index (κ1) is 62.2. The fourth-order valence-corrected chi connectivity index (χ4v) is 12.7. The predicted molar refractivity (Wildman–Crippen MR) is 333 cm³/mol. The molecule has 6 aromatic rings. The number of anilines is 3. The number of rotatable bonds is 24. The minimum Gasteiger partial charge on any atom is -0.480 e. The number of nitrogens with zero attached hydrogens (tertiary/aromatic N) is 5. The third kappa shape index (κ3) is 14.7. The molecule has 22 heteroatoms. The quantitative estimate of drug-likeness (QED) is 0.0168. The molecule has 0 fully saturated rings. The highest BCUT2D eigenvalue weighted by molar-refractivity contribution is 7.85. The Bertz CT molecular complexity index is 4060. The van der Waals surface area contributed by atoms with Gasteiger partial charge in [0.05, 0.1) is 29.6 Å². The molecule has 20 nitrogen and oxygen atoms in total. The largest absolute Gasteiger partial charge is 0.480 e. The lowest BCUT2D eigenvalue weighted by Crippen LogP contribution is -2.42. The number of benzene rings is 4. The van der Waals surface area contributed by atoms with Crippen LogP contribution in [0.5, 0.6) is 5.75 Å². The van der Waals surface area contributed by atoms with E-state index < -0.39 is 60.6 Å². The average molecular weight is 1210 g/mol. The summed E-state index contributed by atoms with van der Waals surface area (Å²) < 4.78 is 75.9. The Labute approximate surface area is 501 Å². The fourth-order valence-electron chi connectivity index (χ4n) is 11.6. The van der Waals surface area contributed by atoms with Crippen LogP contribution in [0, 0.1) is 6.92 Å². The van der Waals surface area contributed by atoms with Gasteiger partial charge in [-0.05, 0) is 141 Å². The highest BCUT2D eigenvalue weighted by Crippen LogP contribution is 2.49. The van der Waals surface area contributed by atoms with Crippen LogP contribution < -0.4 is 31.6 Å². The number of nitrogen functional groups attached to an aromatic ring is 1. The SMILES string of the molecule is CCCCCN1/C(=C/C=C2\CCCC(/C=C/C3=[N+](CCCCS(=O)(=O)O)c4ccc(CS(=O)(=O)O)cc4C3(C)C)=C2Oc2ccc(C[C@@H](NC(=O)c3ccc(NCc4cnc5nc(N)[nH]c(=O)c5n4)cc3)C(=O)O)cc2)C(C)(C)c2cc(C)ccc21. The molecule has 452 valence electrons. The van der Waals surface area contributed by atoms with Gasteiger partial charge < -0.3 is 31.1 Å². The van der Waals surface area contributed by atoms with E-state index in [9.17, 15) is 45.4 Å². The standard InChI is InChI=1S/C64H73N9O11S2/c1-7-8-9-31-72-52-27-15-40(2)34-49(52)63(3,4)54(72)29-21-43-13-12-14-44(22-30-55-64(5,6)50-35-42(39-86(81,82)83)18-28-53(50)73(55)32-10-11-33-85(78,79)80)57(43)84-48-25-16-41(17-26-48)36-51(61(76)77)69-59(74)45-19-23-46(24-20-45)66-37-47-38-67-58-56(68-47)60(75)71-62(65)70-58/h15-30,34-35,38,51H,7-14,31-33,36-37,39H2,1-6H3,(H7-,65,66,67,69,70,71,74,75,76,77,78,79,80,81,82,83)/p+1/t51-/m1/s1. The number of carbonyl (C=O) groups excluding carboxylic acids is 1. The van der Waals surface area contributed by atoms with E-state index in [0.29, 0.717) is 59.8 Å². The fraction of sp³-hybridized carbons (Fsp3) is 0.359. The monoisotopic (exact) mass is 1210 g/mol. The number of carboxylic acid groups (broad SMARTS) is 1. The lowest BCUT2D eigenvalue weighted by molar-refractivity contribution is -0.438. The molecule has 0 saturated heterocycles. The summed E-state index contributed by atoms with van der Waals surface area (Å²) in [6, 6.07) is 24.3. The van der Waals surface area contributed by atoms with Gasteiger partial charge in [0, 0.05) is 65.1 Å². The molecule has 1 amide bonds. The van der Waals surface area contributed by atoms with Crippen LogP contribution in [0.1, 0.15) is 130 Å². The number of H-pyrrole nitrogens is 1. The molecule has 86 heavy (non-hydrogen) atoms. The maximum atomic E-state index is 13.5. The van der Waals surface area contributed by atoms with Gasteiger partial charge in [-0.2, -0.15) is 26.4 Å². The second-order valence-electron chi connectivity index (χ2n) is 23.3. The van der Waals surface area contributed by atoms with E-state index in [4.69, 9.17) is 10.5 Å². The smallest absolute Gasteiger partial charge is 0.326 e. The second-order valence-corrected chi connectivity index (χ2v) is 26.3. The molecule has 0 radical (unpaired) electrons. The van der Waals surface area contributed by atoms with Crippen LogP contribution in [0.3, 0.4) is 0 Å². The van der Waals surface area contributed by atoms with Crippen LogP contribution in [-0.4, -0.2) is 98.0 Å². The van der Waals surface area contributed by atoms with Crippen LogP contribution in [0.4, 0.5) is 23.0 Å². The Balaban J connectivity index is 0.998. The van der Waals surface area contributed by atoms with Crippen molar-refractivity contribution >= 4 is 72.0 Å². The van der Waals surface area contributed by atoms with E-state index in [-0.39, 0.29) is 47.5 Å². The maximum Gasteiger partial charge on any atom is 0.326 e. The molecule has 0 spiro atoms. The zero-order valence-corrected chi connectivity index (χ0v) is 50.8. The van der Waals surface area contributed by atoms with Crippen molar-refractivity contribution in [3.63, 3.8) is 0 Å². The topological polar surface area (TPSA) is 300 Å². The van der Waals surface area contributed by atoms with Crippen LogP contribution in [0.15, 0.2) is 143 Å². The highest BCUT2D eigenvalue weighted by atomic mass is 32.2. The summed E-state index contributed by atoms with van der Waals surface area (Å²) in [5.74, 6) is -1.66. The summed E-state index contributed by atoms with van der Waals surface area (Å²) in [7, 11) is -8.52. The van der Waals surface area contributed by atoms with Gasteiger partial charge in [0.2, 0.25) is 11.6 Å². The lowest BCUT2D eigenvalue weighted by Gasteiger charge is -2.27. The molecule has 0 bridgehead atoms. The zero-order chi connectivity index (χ0) is 61.7. The number of carboxylic acids is 1. The van der Waals surface area contributed by atoms with Gasteiger partial charge >= 0.3 is 5.97 Å². The van der Waals surface area contributed by atoms with Crippen molar-refractivity contribution in [1.29, 1.82) is 0 Å². The van der Waals surface area contributed by atoms with Crippen LogP contribution >= 0.6 is 0 Å². The first-order valence-electron chi connectivity index (χ1n) is 28.8. The molecule has 0 saturated carbocycles. The van der Waals surface area contributed by atoms with E-state index >= 15 is 0 Å². The Kier molecular flexibility index (Phi) is 18.6.